The van der Waals surface area contributed by atoms with E-state index in [1.54, 1.807) is 18.3 Å². The van der Waals surface area contributed by atoms with Crippen LogP contribution in [-0.4, -0.2) is 16.5 Å². The fourth-order valence-corrected chi connectivity index (χ4v) is 4.51. The lowest BCUT2D eigenvalue weighted by atomic mass is 10.1. The van der Waals surface area contributed by atoms with Crippen LogP contribution in [0.4, 0.5) is 15.2 Å². The lowest BCUT2D eigenvalue weighted by Crippen LogP contribution is -2.16. The van der Waals surface area contributed by atoms with Crippen LogP contribution in [0, 0.1) is 17.1 Å². The maximum atomic E-state index is 13.3. The van der Waals surface area contributed by atoms with Crippen molar-refractivity contribution < 1.29 is 8.81 Å². The van der Waals surface area contributed by atoms with Crippen LogP contribution in [0.3, 0.4) is 0 Å². The lowest BCUT2D eigenvalue weighted by molar-refractivity contribution is 0.547. The van der Waals surface area contributed by atoms with Crippen molar-refractivity contribution in [3.8, 4) is 17.3 Å². The molecule has 4 rings (SSSR count). The van der Waals surface area contributed by atoms with Crippen LogP contribution < -0.4 is 4.90 Å². The van der Waals surface area contributed by atoms with E-state index in [0.717, 1.165) is 21.3 Å². The second-order valence-electron chi connectivity index (χ2n) is 6.27. The Balaban J connectivity index is 1.88. The van der Waals surface area contributed by atoms with E-state index >= 15 is 0 Å². The molecule has 0 amide bonds. The van der Waals surface area contributed by atoms with Gasteiger partial charge in [-0.25, -0.2) is 14.4 Å². The maximum Gasteiger partial charge on any atom is 0.228 e. The van der Waals surface area contributed by atoms with E-state index in [0.29, 0.717) is 39.9 Å². The van der Waals surface area contributed by atoms with Gasteiger partial charge in [0.2, 0.25) is 5.71 Å². The average molecular weight is 471 g/mol. The summed E-state index contributed by atoms with van der Waals surface area (Å²) in [5.74, 6) is 0.484. The Morgan fingerprint density at radius 3 is 2.69 bits per heavy atom. The minimum atomic E-state index is -0.326. The molecular weight excluding hydrogens is 455 g/mol. The van der Waals surface area contributed by atoms with Gasteiger partial charge in [-0.05, 0) is 53.2 Å². The molecule has 3 heterocycles. The van der Waals surface area contributed by atoms with Crippen LogP contribution in [0.15, 0.2) is 45.4 Å². The largest absolute Gasteiger partial charge is 0.441 e. The van der Waals surface area contributed by atoms with Crippen LogP contribution in [0.25, 0.3) is 22.4 Å². The van der Waals surface area contributed by atoms with E-state index in [1.165, 1.54) is 23.5 Å². The number of nitrogens with zero attached hydrogens (tertiary/aromatic N) is 4. The number of halogens is 2. The van der Waals surface area contributed by atoms with Gasteiger partial charge in [0.15, 0.2) is 5.13 Å². The monoisotopic (exact) mass is 470 g/mol. The molecular formula is C21H16BrFN4OS. The number of aromatic nitrogens is 2. The van der Waals surface area contributed by atoms with Gasteiger partial charge in [-0.3, -0.25) is 0 Å². The second-order valence-corrected chi connectivity index (χ2v) is 8.16. The molecule has 0 bridgehead atoms. The molecule has 3 aromatic heterocycles. The van der Waals surface area contributed by atoms with Crippen molar-refractivity contribution in [1.82, 2.24) is 9.97 Å². The first-order valence-corrected chi connectivity index (χ1v) is 10.7. The van der Waals surface area contributed by atoms with Gasteiger partial charge in [0.05, 0.1) is 11.1 Å². The highest BCUT2D eigenvalue weighted by atomic mass is 79.9. The third kappa shape index (κ3) is 3.52. The van der Waals surface area contributed by atoms with E-state index in [4.69, 9.17) is 9.40 Å². The summed E-state index contributed by atoms with van der Waals surface area (Å²) in [5, 5.41) is 11.2. The van der Waals surface area contributed by atoms with Gasteiger partial charge in [-0.1, -0.05) is 18.3 Å². The third-order valence-corrected chi connectivity index (χ3v) is 5.95. The normalized spacial score (nSPS) is 11.0. The number of aryl methyl sites for hydroxylation is 1. The van der Waals surface area contributed by atoms with Crippen molar-refractivity contribution >= 4 is 49.2 Å². The number of hydrogen-bond donors (Lipinski definition) is 0. The van der Waals surface area contributed by atoms with E-state index in [1.807, 2.05) is 24.8 Å². The lowest BCUT2D eigenvalue weighted by Gasteiger charge is -2.20. The number of furan rings is 1. The molecule has 0 fully saturated rings. The molecule has 0 unspecified atom stereocenters. The standard InChI is InChI=1S/C21H16BrFN4OS/c1-3-16-19(15-9-13(22)11-25-20(15)28-16)27(4-2)21-26-18(17(10-24)29-21)12-5-7-14(23)8-6-12/h5-9,11H,3-4H2,1-2H3. The number of benzene rings is 1. The van der Waals surface area contributed by atoms with E-state index in [2.05, 4.69) is 27.0 Å². The zero-order valence-electron chi connectivity index (χ0n) is 15.7. The minimum Gasteiger partial charge on any atom is -0.441 e. The van der Waals surface area contributed by atoms with Crippen LogP contribution in [0.1, 0.15) is 24.5 Å². The van der Waals surface area contributed by atoms with Gasteiger partial charge in [-0.15, -0.1) is 0 Å². The topological polar surface area (TPSA) is 66.0 Å². The number of nitriles is 1. The quantitative estimate of drug-likeness (QED) is 0.335. The van der Waals surface area contributed by atoms with Gasteiger partial charge >= 0.3 is 0 Å². The van der Waals surface area contributed by atoms with Crippen molar-refractivity contribution in [2.24, 2.45) is 0 Å². The Labute approximate surface area is 179 Å². The van der Waals surface area contributed by atoms with E-state index in [9.17, 15) is 9.65 Å². The summed E-state index contributed by atoms with van der Waals surface area (Å²) < 4.78 is 20.1. The molecule has 5 nitrogen and oxygen atoms in total. The van der Waals surface area contributed by atoms with Gasteiger partial charge in [0.1, 0.15) is 28.2 Å². The molecule has 146 valence electrons. The summed E-state index contributed by atoms with van der Waals surface area (Å²) in [4.78, 5) is 11.6. The van der Waals surface area contributed by atoms with Gasteiger partial charge in [-0.2, -0.15) is 5.26 Å². The van der Waals surface area contributed by atoms with E-state index < -0.39 is 0 Å². The summed E-state index contributed by atoms with van der Waals surface area (Å²) in [6.07, 6.45) is 2.40. The Morgan fingerprint density at radius 2 is 2.03 bits per heavy atom. The van der Waals surface area contributed by atoms with Crippen LogP contribution in [0.5, 0.6) is 0 Å². The minimum absolute atomic E-state index is 0.326. The first-order valence-electron chi connectivity index (χ1n) is 9.07. The zero-order chi connectivity index (χ0) is 20.5. The first-order chi connectivity index (χ1) is 14.0. The Hall–Kier alpha value is -2.76. The molecule has 0 spiro atoms. The molecule has 4 aromatic rings. The molecule has 0 atom stereocenters. The van der Waals surface area contributed by atoms with Crippen LogP contribution >= 0.6 is 27.3 Å². The third-order valence-electron chi connectivity index (χ3n) is 4.53. The first kappa shape index (κ1) is 19.6. The molecule has 0 aliphatic heterocycles. The second kappa shape index (κ2) is 7.93. The zero-order valence-corrected chi connectivity index (χ0v) is 18.1. The molecule has 8 heteroatoms. The molecule has 0 radical (unpaired) electrons. The van der Waals surface area contributed by atoms with Crippen molar-refractivity contribution in [1.29, 1.82) is 5.26 Å². The number of fused-ring (bicyclic) bond motifs is 1. The summed E-state index contributed by atoms with van der Waals surface area (Å²) in [7, 11) is 0. The summed E-state index contributed by atoms with van der Waals surface area (Å²) in [6, 6.07) is 10.2. The highest BCUT2D eigenvalue weighted by Crippen LogP contribution is 2.41. The number of thiazole rings is 1. The number of hydrogen-bond acceptors (Lipinski definition) is 6. The Kier molecular flexibility index (Phi) is 5.35. The summed E-state index contributed by atoms with van der Waals surface area (Å²) in [6.45, 7) is 4.68. The fourth-order valence-electron chi connectivity index (χ4n) is 3.22. The van der Waals surface area contributed by atoms with Crippen LogP contribution in [0.2, 0.25) is 0 Å². The highest BCUT2D eigenvalue weighted by molar-refractivity contribution is 9.10. The fraction of sp³-hybridized carbons (Fsp3) is 0.190. The summed E-state index contributed by atoms with van der Waals surface area (Å²) in [5.41, 5.74) is 2.73. The Bertz CT molecular complexity index is 1230. The molecule has 0 aliphatic carbocycles. The molecule has 1 aromatic carbocycles. The van der Waals surface area contributed by atoms with Crippen molar-refractivity contribution in [2.75, 3.05) is 11.4 Å². The predicted octanol–water partition coefficient (Wildman–Crippen LogP) is 6.44. The van der Waals surface area contributed by atoms with Crippen molar-refractivity contribution in [3.05, 3.63) is 57.5 Å². The SMILES string of the molecule is CCc1oc2ncc(Br)cc2c1N(CC)c1nc(-c2ccc(F)cc2)c(C#N)s1. The molecule has 0 saturated heterocycles. The van der Waals surface area contributed by atoms with Crippen molar-refractivity contribution in [2.45, 2.75) is 20.3 Å². The molecule has 29 heavy (non-hydrogen) atoms. The molecule has 0 N–H and O–H groups in total. The average Bonchev–Trinajstić information content (AvgIpc) is 3.31. The molecule has 0 saturated carbocycles. The number of pyridine rings is 1. The number of anilines is 2. The van der Waals surface area contributed by atoms with Gasteiger partial charge < -0.3 is 9.32 Å². The van der Waals surface area contributed by atoms with Gasteiger partial charge in [0, 0.05) is 29.2 Å². The van der Waals surface area contributed by atoms with Crippen LogP contribution in [-0.2, 0) is 6.42 Å². The smallest absolute Gasteiger partial charge is 0.228 e. The predicted molar refractivity (Wildman–Crippen MR) is 116 cm³/mol. The van der Waals surface area contributed by atoms with Crippen molar-refractivity contribution in [3.63, 3.8) is 0 Å². The van der Waals surface area contributed by atoms with E-state index in [-0.39, 0.29) is 5.82 Å². The summed E-state index contributed by atoms with van der Waals surface area (Å²) >= 11 is 4.79. The maximum absolute atomic E-state index is 13.3. The van der Waals surface area contributed by atoms with Gasteiger partial charge in [0.25, 0.3) is 0 Å². The Morgan fingerprint density at radius 1 is 1.28 bits per heavy atom. The molecule has 0 aliphatic rings. The highest BCUT2D eigenvalue weighted by Gasteiger charge is 2.24. The number of rotatable bonds is 5.